The average molecular weight is 448 g/mol. The average Bonchev–Trinajstić information content (AvgIpc) is 3.46. The number of carbonyl (C=O) groups excluding carboxylic acids is 2. The molecule has 4 rings (SSSR count). The van der Waals surface area contributed by atoms with Gasteiger partial charge < -0.3 is 9.30 Å². The maximum atomic E-state index is 12.5. The van der Waals surface area contributed by atoms with Crippen LogP contribution in [0.5, 0.6) is 0 Å². The second-order valence-corrected chi connectivity index (χ2v) is 8.50. The van der Waals surface area contributed by atoms with Gasteiger partial charge >= 0.3 is 5.97 Å². The van der Waals surface area contributed by atoms with Crippen LogP contribution >= 0.6 is 11.3 Å². The molecule has 0 aliphatic heterocycles. The Labute approximate surface area is 188 Å². The summed E-state index contributed by atoms with van der Waals surface area (Å²) in [6, 6.07) is 13.8. The van der Waals surface area contributed by atoms with E-state index in [4.69, 9.17) is 4.74 Å². The number of aryl methyl sites for hydroxylation is 2. The summed E-state index contributed by atoms with van der Waals surface area (Å²) in [6.07, 6.45) is 5.89. The molecule has 0 aliphatic carbocycles. The molecular formula is C24H21N3O4S. The zero-order valence-corrected chi connectivity index (χ0v) is 18.5. The van der Waals surface area contributed by atoms with E-state index < -0.39 is 5.97 Å². The van der Waals surface area contributed by atoms with Crippen LogP contribution in [0.15, 0.2) is 72.0 Å². The van der Waals surface area contributed by atoms with Crippen LogP contribution in [0.1, 0.15) is 37.0 Å². The second-order valence-electron chi connectivity index (χ2n) is 7.21. The SMILES string of the molecule is COC(=O)c1cc(-n2ccccc2=O)ccc1-n1cnc(CCC(=O)c2ccc(C)s2)c1. The lowest BCUT2D eigenvalue weighted by Gasteiger charge is -2.12. The number of ketones is 1. The number of nitrogens with zero attached hydrogens (tertiary/aromatic N) is 3. The normalized spacial score (nSPS) is 10.8. The molecule has 0 unspecified atom stereocenters. The molecule has 0 saturated carbocycles. The standard InChI is InChI=1S/C24H21N3O4S/c1-16-6-11-22(32-16)21(28)10-7-17-14-26(15-25-17)20-9-8-18(13-19(20)24(30)31-2)27-12-4-3-5-23(27)29/h3-6,8-9,11-15H,7,10H2,1-2H3. The minimum Gasteiger partial charge on any atom is -0.465 e. The number of pyridine rings is 1. The van der Waals surface area contributed by atoms with Crippen molar-refractivity contribution >= 4 is 23.1 Å². The number of carbonyl (C=O) groups is 2. The molecule has 3 aromatic heterocycles. The van der Waals surface area contributed by atoms with Gasteiger partial charge in [0.25, 0.3) is 5.56 Å². The third-order valence-electron chi connectivity index (χ3n) is 5.02. The molecule has 0 bridgehead atoms. The molecular weight excluding hydrogens is 426 g/mol. The van der Waals surface area contributed by atoms with Gasteiger partial charge in [-0.3, -0.25) is 14.2 Å². The monoisotopic (exact) mass is 447 g/mol. The van der Waals surface area contributed by atoms with Crippen LogP contribution in [0.4, 0.5) is 0 Å². The summed E-state index contributed by atoms with van der Waals surface area (Å²) in [5.74, 6) is -0.435. The maximum absolute atomic E-state index is 12.5. The second kappa shape index (κ2) is 9.15. The number of methoxy groups -OCH3 is 1. The number of ether oxygens (including phenoxy) is 1. The van der Waals surface area contributed by atoms with Gasteiger partial charge in [-0.2, -0.15) is 0 Å². The summed E-state index contributed by atoms with van der Waals surface area (Å²) < 4.78 is 8.13. The number of imidazole rings is 1. The van der Waals surface area contributed by atoms with E-state index in [0.29, 0.717) is 29.8 Å². The number of aromatic nitrogens is 3. The highest BCUT2D eigenvalue weighted by Gasteiger charge is 2.16. The Bertz CT molecular complexity index is 1350. The Hall–Kier alpha value is -3.78. The molecule has 4 aromatic rings. The first-order valence-corrected chi connectivity index (χ1v) is 10.8. The topological polar surface area (TPSA) is 83.2 Å². The minimum absolute atomic E-state index is 0.0885. The van der Waals surface area contributed by atoms with Crippen molar-refractivity contribution in [3.05, 3.63) is 98.6 Å². The van der Waals surface area contributed by atoms with Gasteiger partial charge in [-0.25, -0.2) is 9.78 Å². The number of thiophene rings is 1. The Morgan fingerprint density at radius 2 is 1.97 bits per heavy atom. The molecule has 0 fully saturated rings. The van der Waals surface area contributed by atoms with Crippen LogP contribution < -0.4 is 5.56 Å². The van der Waals surface area contributed by atoms with Crippen LogP contribution in [0.2, 0.25) is 0 Å². The van der Waals surface area contributed by atoms with Crippen molar-refractivity contribution in [1.82, 2.24) is 14.1 Å². The fraction of sp³-hybridized carbons (Fsp3) is 0.167. The number of hydrogen-bond donors (Lipinski definition) is 0. The van der Waals surface area contributed by atoms with Gasteiger partial charge in [-0.1, -0.05) is 6.07 Å². The number of esters is 1. The smallest absolute Gasteiger partial charge is 0.340 e. The van der Waals surface area contributed by atoms with Gasteiger partial charge in [0.2, 0.25) is 0 Å². The lowest BCUT2D eigenvalue weighted by molar-refractivity contribution is 0.0600. The van der Waals surface area contributed by atoms with Gasteiger partial charge in [-0.05, 0) is 49.7 Å². The van der Waals surface area contributed by atoms with Crippen molar-refractivity contribution in [2.24, 2.45) is 0 Å². The van der Waals surface area contributed by atoms with Crippen LogP contribution in [0, 0.1) is 6.92 Å². The lowest BCUT2D eigenvalue weighted by atomic mass is 10.1. The molecule has 162 valence electrons. The molecule has 0 atom stereocenters. The van der Waals surface area contributed by atoms with Crippen molar-refractivity contribution in [1.29, 1.82) is 0 Å². The third-order valence-corrected chi connectivity index (χ3v) is 6.07. The predicted molar refractivity (Wildman–Crippen MR) is 122 cm³/mol. The Kier molecular flexibility index (Phi) is 6.13. The van der Waals surface area contributed by atoms with Crippen LogP contribution in [-0.2, 0) is 11.2 Å². The summed E-state index contributed by atoms with van der Waals surface area (Å²) >= 11 is 1.49. The molecule has 0 amide bonds. The zero-order valence-electron chi connectivity index (χ0n) is 17.6. The van der Waals surface area contributed by atoms with Crippen LogP contribution in [0.25, 0.3) is 11.4 Å². The molecule has 3 heterocycles. The molecule has 0 radical (unpaired) electrons. The summed E-state index contributed by atoms with van der Waals surface area (Å²) in [7, 11) is 1.31. The van der Waals surface area contributed by atoms with Crippen molar-refractivity contribution in [3.8, 4) is 11.4 Å². The largest absolute Gasteiger partial charge is 0.465 e. The first kappa shape index (κ1) is 21.5. The fourth-order valence-corrected chi connectivity index (χ4v) is 4.22. The highest BCUT2D eigenvalue weighted by molar-refractivity contribution is 7.14. The highest BCUT2D eigenvalue weighted by atomic mass is 32.1. The number of Topliss-reactive ketones (excluding diaryl/α,β-unsaturated/α-hetero) is 1. The molecule has 0 saturated heterocycles. The fourth-order valence-electron chi connectivity index (χ4n) is 3.39. The van der Waals surface area contributed by atoms with Gasteiger partial charge in [0, 0.05) is 35.4 Å². The summed E-state index contributed by atoms with van der Waals surface area (Å²) in [4.78, 5) is 43.3. The molecule has 0 aliphatic rings. The van der Waals surface area contributed by atoms with Gasteiger partial charge in [0.1, 0.15) is 0 Å². The number of benzene rings is 1. The Morgan fingerprint density at radius 1 is 1.12 bits per heavy atom. The van der Waals surface area contributed by atoms with E-state index in [0.717, 1.165) is 15.4 Å². The van der Waals surface area contributed by atoms with Gasteiger partial charge in [-0.15, -0.1) is 11.3 Å². The molecule has 0 N–H and O–H groups in total. The molecule has 0 spiro atoms. The Morgan fingerprint density at radius 3 is 2.69 bits per heavy atom. The highest BCUT2D eigenvalue weighted by Crippen LogP contribution is 2.21. The number of hydrogen-bond acceptors (Lipinski definition) is 6. The van der Waals surface area contributed by atoms with Gasteiger partial charge in [0.15, 0.2) is 5.78 Å². The predicted octanol–water partition coefficient (Wildman–Crippen LogP) is 4.00. The van der Waals surface area contributed by atoms with Crippen molar-refractivity contribution in [2.45, 2.75) is 19.8 Å². The molecule has 32 heavy (non-hydrogen) atoms. The minimum atomic E-state index is -0.524. The van der Waals surface area contributed by atoms with E-state index >= 15 is 0 Å². The summed E-state index contributed by atoms with van der Waals surface area (Å²) in [6.45, 7) is 1.97. The Balaban J connectivity index is 1.60. The van der Waals surface area contributed by atoms with E-state index in [1.165, 1.54) is 29.1 Å². The quantitative estimate of drug-likeness (QED) is 0.316. The summed E-state index contributed by atoms with van der Waals surface area (Å²) in [5, 5.41) is 0. The molecule has 1 aromatic carbocycles. The third kappa shape index (κ3) is 4.45. The van der Waals surface area contributed by atoms with Crippen molar-refractivity contribution < 1.29 is 14.3 Å². The summed E-state index contributed by atoms with van der Waals surface area (Å²) in [5.41, 5.74) is 1.97. The number of rotatable bonds is 7. The van der Waals surface area contributed by atoms with E-state index in [1.54, 1.807) is 53.6 Å². The van der Waals surface area contributed by atoms with Crippen molar-refractivity contribution in [3.63, 3.8) is 0 Å². The van der Waals surface area contributed by atoms with E-state index in [9.17, 15) is 14.4 Å². The van der Waals surface area contributed by atoms with E-state index in [1.807, 2.05) is 19.1 Å². The van der Waals surface area contributed by atoms with Crippen LogP contribution in [0.3, 0.4) is 0 Å². The van der Waals surface area contributed by atoms with Crippen LogP contribution in [-0.4, -0.2) is 33.0 Å². The first-order chi connectivity index (χ1) is 15.5. The zero-order chi connectivity index (χ0) is 22.7. The van der Waals surface area contributed by atoms with Gasteiger partial charge in [0.05, 0.1) is 35.3 Å². The maximum Gasteiger partial charge on any atom is 0.340 e. The first-order valence-electron chi connectivity index (χ1n) is 9.99. The van der Waals surface area contributed by atoms with E-state index in [2.05, 4.69) is 4.98 Å². The van der Waals surface area contributed by atoms with E-state index in [-0.39, 0.29) is 11.3 Å². The molecule has 7 nitrogen and oxygen atoms in total. The lowest BCUT2D eigenvalue weighted by Crippen LogP contribution is -2.17. The van der Waals surface area contributed by atoms with Crippen molar-refractivity contribution in [2.75, 3.05) is 7.11 Å². The molecule has 8 heteroatoms.